The maximum Gasteiger partial charge on any atom is 0.258 e. The van der Waals surface area contributed by atoms with Crippen molar-refractivity contribution in [3.63, 3.8) is 0 Å². The van der Waals surface area contributed by atoms with Gasteiger partial charge in [0.1, 0.15) is 12.4 Å². The molecular weight excluding hydrogens is 471 g/mol. The fourth-order valence-electron chi connectivity index (χ4n) is 4.52. The van der Waals surface area contributed by atoms with E-state index in [1.165, 1.54) is 11.8 Å². The molecule has 4 aromatic rings. The Morgan fingerprint density at radius 3 is 2.65 bits per heavy atom. The van der Waals surface area contributed by atoms with E-state index in [-0.39, 0.29) is 12.2 Å². The Kier molecular flexibility index (Phi) is 6.38. The van der Waals surface area contributed by atoms with E-state index in [0.29, 0.717) is 16.8 Å². The summed E-state index contributed by atoms with van der Waals surface area (Å²) in [6.07, 6.45) is 4.21. The molecule has 6 nitrogen and oxygen atoms in total. The molecule has 1 aromatic carbocycles. The molecule has 0 saturated carbocycles. The monoisotopic (exact) mass is 496 g/mol. The van der Waals surface area contributed by atoms with E-state index in [9.17, 15) is 4.79 Å². The minimum atomic E-state index is -0.176. The molecule has 176 valence electrons. The van der Waals surface area contributed by atoms with Crippen LogP contribution in [0.25, 0.3) is 16.6 Å². The molecule has 0 amide bonds. The molecule has 0 unspecified atom stereocenters. The van der Waals surface area contributed by atoms with Crippen LogP contribution in [0.4, 0.5) is 0 Å². The smallest absolute Gasteiger partial charge is 0.258 e. The van der Waals surface area contributed by atoms with E-state index in [0.717, 1.165) is 53.4 Å². The Balaban J connectivity index is 1.40. The summed E-state index contributed by atoms with van der Waals surface area (Å²) >= 11 is 12.7. The van der Waals surface area contributed by atoms with Crippen molar-refractivity contribution < 1.29 is 4.74 Å². The van der Waals surface area contributed by atoms with E-state index >= 15 is 0 Å². The fraction of sp³-hybridized carbons (Fsp3) is 0.308. The molecule has 4 heterocycles. The van der Waals surface area contributed by atoms with Gasteiger partial charge >= 0.3 is 0 Å². The third kappa shape index (κ3) is 4.45. The van der Waals surface area contributed by atoms with E-state index in [2.05, 4.69) is 34.4 Å². The average molecular weight is 497 g/mol. The first-order valence-electron chi connectivity index (χ1n) is 11.4. The van der Waals surface area contributed by atoms with Crippen LogP contribution in [0.1, 0.15) is 25.2 Å². The number of pyridine rings is 2. The van der Waals surface area contributed by atoms with E-state index in [1.807, 2.05) is 12.1 Å². The number of hydrogen-bond acceptors (Lipinski definition) is 4. The lowest BCUT2D eigenvalue weighted by atomic mass is 10.2. The van der Waals surface area contributed by atoms with Gasteiger partial charge in [0.15, 0.2) is 0 Å². The van der Waals surface area contributed by atoms with Gasteiger partial charge in [-0.05, 0) is 50.2 Å². The number of nitrogens with zero attached hydrogens (tertiary/aromatic N) is 4. The van der Waals surface area contributed by atoms with Crippen LogP contribution in [0, 0.1) is 0 Å². The van der Waals surface area contributed by atoms with Crippen molar-refractivity contribution in [2.45, 2.75) is 39.5 Å². The Morgan fingerprint density at radius 2 is 1.91 bits per heavy atom. The second-order valence-electron chi connectivity index (χ2n) is 8.82. The first kappa shape index (κ1) is 23.0. The summed E-state index contributed by atoms with van der Waals surface area (Å²) < 4.78 is 9.67. The number of ether oxygens (including phenoxy) is 1. The maximum atomic E-state index is 12.9. The summed E-state index contributed by atoms with van der Waals surface area (Å²) in [5.74, 6) is 0.488. The zero-order valence-corrected chi connectivity index (χ0v) is 20.7. The number of aromatic nitrogens is 3. The summed E-state index contributed by atoms with van der Waals surface area (Å²) in [5.41, 5.74) is 3.61. The molecule has 0 bridgehead atoms. The number of halogens is 2. The van der Waals surface area contributed by atoms with Crippen molar-refractivity contribution in [1.82, 2.24) is 19.0 Å². The second kappa shape index (κ2) is 9.45. The molecule has 0 radical (unpaired) electrons. The predicted molar refractivity (Wildman–Crippen MR) is 137 cm³/mol. The third-order valence-corrected chi connectivity index (χ3v) is 7.05. The summed E-state index contributed by atoms with van der Waals surface area (Å²) in [6, 6.07) is 13.4. The molecular formula is C26H26Cl2N4O2. The van der Waals surface area contributed by atoms with Gasteiger partial charge in [0.05, 0.1) is 15.7 Å². The molecule has 3 aromatic heterocycles. The topological polar surface area (TPSA) is 52.3 Å². The zero-order valence-electron chi connectivity index (χ0n) is 19.2. The van der Waals surface area contributed by atoms with E-state index in [4.69, 9.17) is 27.9 Å². The Hall–Kier alpha value is -2.80. The lowest BCUT2D eigenvalue weighted by molar-refractivity contribution is 0.227. The largest absolute Gasteiger partial charge is 0.487 e. The molecule has 1 aliphatic heterocycles. The highest BCUT2D eigenvalue weighted by Gasteiger charge is 2.22. The van der Waals surface area contributed by atoms with Gasteiger partial charge in [0.25, 0.3) is 5.56 Å². The van der Waals surface area contributed by atoms with Crippen LogP contribution in [0.3, 0.4) is 0 Å². The molecule has 0 N–H and O–H groups in total. The van der Waals surface area contributed by atoms with Gasteiger partial charge in [0.2, 0.25) is 0 Å². The van der Waals surface area contributed by atoms with Gasteiger partial charge in [-0.1, -0.05) is 23.2 Å². The van der Waals surface area contributed by atoms with Crippen LogP contribution in [-0.4, -0.2) is 38.1 Å². The van der Waals surface area contributed by atoms with Gasteiger partial charge in [-0.15, -0.1) is 0 Å². The van der Waals surface area contributed by atoms with Crippen molar-refractivity contribution >= 4 is 34.1 Å². The normalized spacial score (nSPS) is 14.4. The number of benzene rings is 1. The quantitative estimate of drug-likeness (QED) is 0.374. The van der Waals surface area contributed by atoms with Crippen molar-refractivity contribution in [3.8, 4) is 11.4 Å². The molecule has 0 fully saturated rings. The van der Waals surface area contributed by atoms with Crippen LogP contribution < -0.4 is 10.3 Å². The number of rotatable bonds is 5. The van der Waals surface area contributed by atoms with Gasteiger partial charge < -0.3 is 9.30 Å². The Bertz CT molecular complexity index is 1390. The minimum absolute atomic E-state index is 0.176. The van der Waals surface area contributed by atoms with E-state index in [1.54, 1.807) is 35.2 Å². The summed E-state index contributed by atoms with van der Waals surface area (Å²) in [7, 11) is 0. The SMILES string of the molecule is CC(C)N1CCc2c(Cl)c3cc(-n4ccc(OCc5ccc(Cl)cn5)cc4=O)ccc3n2CC1. The minimum Gasteiger partial charge on any atom is -0.487 e. The first-order valence-corrected chi connectivity index (χ1v) is 12.2. The fourth-order valence-corrected chi connectivity index (χ4v) is 4.98. The molecule has 34 heavy (non-hydrogen) atoms. The summed E-state index contributed by atoms with van der Waals surface area (Å²) in [4.78, 5) is 19.6. The molecule has 8 heteroatoms. The number of fused-ring (bicyclic) bond motifs is 3. The zero-order chi connectivity index (χ0) is 23.8. The molecule has 0 saturated heterocycles. The van der Waals surface area contributed by atoms with Gasteiger partial charge in [-0.25, -0.2) is 0 Å². The van der Waals surface area contributed by atoms with Gasteiger partial charge in [-0.2, -0.15) is 0 Å². The lowest BCUT2D eigenvalue weighted by Crippen LogP contribution is -2.33. The highest BCUT2D eigenvalue weighted by molar-refractivity contribution is 6.36. The lowest BCUT2D eigenvalue weighted by Gasteiger charge is -2.23. The van der Waals surface area contributed by atoms with Gasteiger partial charge in [0, 0.05) is 72.8 Å². The second-order valence-corrected chi connectivity index (χ2v) is 9.63. The predicted octanol–water partition coefficient (Wildman–Crippen LogP) is 5.34. The molecule has 5 rings (SSSR count). The molecule has 0 aliphatic carbocycles. The van der Waals surface area contributed by atoms with Gasteiger partial charge in [-0.3, -0.25) is 19.2 Å². The number of hydrogen-bond donors (Lipinski definition) is 0. The molecule has 0 atom stereocenters. The summed E-state index contributed by atoms with van der Waals surface area (Å²) in [6.45, 7) is 7.62. The maximum absolute atomic E-state index is 12.9. The van der Waals surface area contributed by atoms with E-state index < -0.39 is 0 Å². The Labute approximate surface area is 208 Å². The third-order valence-electron chi connectivity index (χ3n) is 6.41. The average Bonchev–Trinajstić information content (AvgIpc) is 2.97. The van der Waals surface area contributed by atoms with Crippen LogP contribution >= 0.6 is 23.2 Å². The molecule has 1 aliphatic rings. The van der Waals surface area contributed by atoms with Crippen LogP contribution in [0.15, 0.2) is 59.7 Å². The first-order chi connectivity index (χ1) is 16.4. The molecule has 0 spiro atoms. The van der Waals surface area contributed by atoms with Crippen LogP contribution in [0.2, 0.25) is 10.0 Å². The van der Waals surface area contributed by atoms with Crippen molar-refractivity contribution in [2.75, 3.05) is 13.1 Å². The summed E-state index contributed by atoms with van der Waals surface area (Å²) in [5, 5.41) is 2.33. The van der Waals surface area contributed by atoms with Crippen LogP contribution in [0.5, 0.6) is 5.75 Å². The van der Waals surface area contributed by atoms with Crippen molar-refractivity contribution in [3.05, 3.63) is 86.6 Å². The highest BCUT2D eigenvalue weighted by atomic mass is 35.5. The van der Waals surface area contributed by atoms with Crippen LogP contribution in [-0.2, 0) is 19.6 Å². The Morgan fingerprint density at radius 1 is 1.06 bits per heavy atom. The van der Waals surface area contributed by atoms with Crippen molar-refractivity contribution in [1.29, 1.82) is 0 Å². The standard InChI is InChI=1S/C26H26Cl2N4O2/c1-17(2)30-9-8-24-26(28)22-13-20(5-6-23(22)32(24)12-11-30)31-10-7-21(14-25(31)33)34-16-19-4-3-18(27)15-29-19/h3-7,10,13-15,17H,8-9,11-12,16H2,1-2H3. The van der Waals surface area contributed by atoms with Crippen molar-refractivity contribution in [2.24, 2.45) is 0 Å². The highest BCUT2D eigenvalue weighted by Crippen LogP contribution is 2.34.